The average Bonchev–Trinajstić information content (AvgIpc) is 3.01. The van der Waals surface area contributed by atoms with Crippen molar-refractivity contribution in [1.82, 2.24) is 4.90 Å². The third kappa shape index (κ3) is 3.11. The normalized spacial score (nSPS) is 20.8. The summed E-state index contributed by atoms with van der Waals surface area (Å²) in [5, 5.41) is 0. The van der Waals surface area contributed by atoms with Crippen LogP contribution in [0.4, 0.5) is 5.69 Å². The van der Waals surface area contributed by atoms with E-state index in [4.69, 9.17) is 0 Å². The van der Waals surface area contributed by atoms with Gasteiger partial charge in [-0.2, -0.15) is 0 Å². The zero-order valence-corrected chi connectivity index (χ0v) is 15.3. The zero-order valence-electron chi connectivity index (χ0n) is 14.5. The van der Waals surface area contributed by atoms with Crippen molar-refractivity contribution in [2.75, 3.05) is 30.3 Å². The monoisotopic (exact) mass is 357 g/mol. The predicted octanol–water partition coefficient (Wildman–Crippen LogP) is 2.80. The summed E-state index contributed by atoms with van der Waals surface area (Å²) in [6.45, 7) is 4.85. The van der Waals surface area contributed by atoms with Crippen molar-refractivity contribution in [2.45, 2.75) is 26.2 Å². The molecule has 6 heteroatoms. The fourth-order valence-electron chi connectivity index (χ4n) is 3.66. The summed E-state index contributed by atoms with van der Waals surface area (Å²) < 4.78 is 27.9. The Kier molecular flexibility index (Phi) is 4.15. The highest BCUT2D eigenvalue weighted by Gasteiger charge is 2.28. The number of allylic oxidation sites excluding steroid dienone is 2. The van der Waals surface area contributed by atoms with Crippen LogP contribution in [-0.4, -0.2) is 44.5 Å². The predicted molar refractivity (Wildman–Crippen MR) is 102 cm³/mol. The number of anilines is 1. The molecule has 1 aromatic rings. The lowest BCUT2D eigenvalue weighted by Crippen LogP contribution is -2.37. The second-order valence-electron chi connectivity index (χ2n) is 6.75. The highest BCUT2D eigenvalue weighted by Crippen LogP contribution is 2.33. The van der Waals surface area contributed by atoms with Crippen LogP contribution in [0.25, 0.3) is 5.57 Å². The standard InChI is InChI=1S/C19H23N3O2S/c1-2-3-9-21-11-8-16-14-15(6-7-18(16)21)17-5-4-10-22-12-13-25(23,24)20-19(17)22/h4-7,10,14H,2-3,8-9,11-13H2,1H3. The molecule has 25 heavy (non-hydrogen) atoms. The summed E-state index contributed by atoms with van der Waals surface area (Å²) >= 11 is 0. The molecule has 4 rings (SSSR count). The Balaban J connectivity index is 1.68. The molecule has 0 bridgehead atoms. The van der Waals surface area contributed by atoms with Crippen LogP contribution in [0.2, 0.25) is 0 Å². The van der Waals surface area contributed by atoms with Gasteiger partial charge in [0.2, 0.25) is 0 Å². The zero-order chi connectivity index (χ0) is 17.4. The van der Waals surface area contributed by atoms with Gasteiger partial charge in [0, 0.05) is 37.1 Å². The van der Waals surface area contributed by atoms with Crippen molar-refractivity contribution in [2.24, 2.45) is 4.40 Å². The molecule has 3 heterocycles. The van der Waals surface area contributed by atoms with Gasteiger partial charge in [-0.1, -0.05) is 19.4 Å². The van der Waals surface area contributed by atoms with Crippen LogP contribution < -0.4 is 4.90 Å². The van der Waals surface area contributed by atoms with Gasteiger partial charge in [0.25, 0.3) is 10.0 Å². The summed E-state index contributed by atoms with van der Waals surface area (Å²) in [5.41, 5.74) is 4.59. The van der Waals surface area contributed by atoms with Crippen molar-refractivity contribution in [3.05, 3.63) is 47.7 Å². The van der Waals surface area contributed by atoms with Gasteiger partial charge in [-0.3, -0.25) is 0 Å². The van der Waals surface area contributed by atoms with Crippen molar-refractivity contribution in [3.63, 3.8) is 0 Å². The molecule has 0 unspecified atom stereocenters. The lowest BCUT2D eigenvalue weighted by atomic mass is 9.98. The highest BCUT2D eigenvalue weighted by molar-refractivity contribution is 7.90. The van der Waals surface area contributed by atoms with E-state index in [1.165, 1.54) is 24.1 Å². The van der Waals surface area contributed by atoms with Gasteiger partial charge in [-0.15, -0.1) is 4.40 Å². The van der Waals surface area contributed by atoms with Gasteiger partial charge in [0.05, 0.1) is 5.75 Å². The first-order valence-corrected chi connectivity index (χ1v) is 10.5. The maximum absolute atomic E-state index is 11.9. The quantitative estimate of drug-likeness (QED) is 0.831. The second-order valence-corrected chi connectivity index (χ2v) is 8.50. The van der Waals surface area contributed by atoms with E-state index in [1.54, 1.807) is 0 Å². The molecule has 0 aliphatic carbocycles. The molecule has 0 radical (unpaired) electrons. The number of hydrogen-bond donors (Lipinski definition) is 0. The minimum Gasteiger partial charge on any atom is -0.371 e. The molecule has 0 saturated heterocycles. The van der Waals surface area contributed by atoms with Crippen LogP contribution in [0.1, 0.15) is 30.9 Å². The van der Waals surface area contributed by atoms with Crippen LogP contribution in [0.3, 0.4) is 0 Å². The number of rotatable bonds is 4. The Morgan fingerprint density at radius 3 is 2.96 bits per heavy atom. The second kappa shape index (κ2) is 6.33. The first kappa shape index (κ1) is 16.4. The first-order chi connectivity index (χ1) is 12.1. The molecule has 3 aliphatic heterocycles. The lowest BCUT2D eigenvalue weighted by molar-refractivity contribution is 0.550. The van der Waals surface area contributed by atoms with E-state index in [0.717, 1.165) is 30.6 Å². The Bertz CT molecular complexity index is 884. The molecule has 0 fully saturated rings. The van der Waals surface area contributed by atoms with Gasteiger partial charge in [-0.05, 0) is 48.3 Å². The van der Waals surface area contributed by atoms with Gasteiger partial charge >= 0.3 is 0 Å². The van der Waals surface area contributed by atoms with Crippen LogP contribution in [0.5, 0.6) is 0 Å². The Hall–Kier alpha value is -2.08. The van der Waals surface area contributed by atoms with E-state index in [9.17, 15) is 8.42 Å². The number of sulfonamides is 1. The number of unbranched alkanes of at least 4 members (excludes halogenated alkanes) is 1. The highest BCUT2D eigenvalue weighted by atomic mass is 32.2. The number of amidine groups is 1. The summed E-state index contributed by atoms with van der Waals surface area (Å²) in [4.78, 5) is 4.38. The third-order valence-electron chi connectivity index (χ3n) is 5.02. The number of nitrogens with zero attached hydrogens (tertiary/aromatic N) is 3. The number of hydrogen-bond acceptors (Lipinski definition) is 4. The Morgan fingerprint density at radius 1 is 1.24 bits per heavy atom. The molecule has 132 valence electrons. The first-order valence-electron chi connectivity index (χ1n) is 8.94. The summed E-state index contributed by atoms with van der Waals surface area (Å²) in [6, 6.07) is 6.47. The fourth-order valence-corrected chi connectivity index (χ4v) is 4.65. The van der Waals surface area contributed by atoms with Gasteiger partial charge in [0.1, 0.15) is 0 Å². The minimum atomic E-state index is -3.36. The number of benzene rings is 1. The average molecular weight is 357 g/mol. The lowest BCUT2D eigenvalue weighted by Gasteiger charge is -2.29. The van der Waals surface area contributed by atoms with Crippen molar-refractivity contribution >= 4 is 27.1 Å². The van der Waals surface area contributed by atoms with Crippen LogP contribution in [-0.2, 0) is 16.4 Å². The number of fused-ring (bicyclic) bond motifs is 2. The van der Waals surface area contributed by atoms with Crippen LogP contribution in [0.15, 0.2) is 40.9 Å². The smallest absolute Gasteiger partial charge is 0.256 e. The topological polar surface area (TPSA) is 53.0 Å². The van der Waals surface area contributed by atoms with E-state index in [0.29, 0.717) is 12.4 Å². The van der Waals surface area contributed by atoms with Gasteiger partial charge in [0.15, 0.2) is 5.84 Å². The fraction of sp³-hybridized carbons (Fsp3) is 0.421. The maximum Gasteiger partial charge on any atom is 0.256 e. The van der Waals surface area contributed by atoms with Crippen molar-refractivity contribution in [3.8, 4) is 0 Å². The molecule has 0 N–H and O–H groups in total. The van der Waals surface area contributed by atoms with E-state index >= 15 is 0 Å². The van der Waals surface area contributed by atoms with E-state index in [1.807, 2.05) is 23.3 Å². The molecule has 0 amide bonds. The molecule has 3 aliphatic rings. The molecule has 0 spiro atoms. The maximum atomic E-state index is 11.9. The molecule has 0 atom stereocenters. The molecular weight excluding hydrogens is 334 g/mol. The minimum absolute atomic E-state index is 0.0741. The van der Waals surface area contributed by atoms with Crippen LogP contribution in [0, 0.1) is 0 Å². The summed E-state index contributed by atoms with van der Waals surface area (Å²) in [6.07, 6.45) is 9.28. The Labute approximate surface area is 149 Å². The van der Waals surface area contributed by atoms with Gasteiger partial charge < -0.3 is 9.80 Å². The van der Waals surface area contributed by atoms with E-state index < -0.39 is 10.0 Å². The molecular formula is C19H23N3O2S. The molecule has 5 nitrogen and oxygen atoms in total. The molecule has 1 aromatic carbocycles. The van der Waals surface area contributed by atoms with Crippen molar-refractivity contribution < 1.29 is 8.42 Å². The third-order valence-corrected chi connectivity index (χ3v) is 6.17. The van der Waals surface area contributed by atoms with E-state index in [-0.39, 0.29) is 5.75 Å². The summed E-state index contributed by atoms with van der Waals surface area (Å²) in [7, 11) is -3.36. The SMILES string of the molecule is CCCCN1CCc2cc(C3=CC=CN4CCS(=O)(=O)N=C34)ccc21. The Morgan fingerprint density at radius 2 is 2.12 bits per heavy atom. The molecule has 0 saturated carbocycles. The van der Waals surface area contributed by atoms with E-state index in [2.05, 4.69) is 34.4 Å². The summed E-state index contributed by atoms with van der Waals surface area (Å²) in [5.74, 6) is 0.625. The van der Waals surface area contributed by atoms with Gasteiger partial charge in [-0.25, -0.2) is 8.42 Å². The van der Waals surface area contributed by atoms with Crippen LogP contribution >= 0.6 is 0 Å². The van der Waals surface area contributed by atoms with Crippen molar-refractivity contribution in [1.29, 1.82) is 0 Å². The largest absolute Gasteiger partial charge is 0.371 e. The molecule has 0 aromatic heterocycles.